The van der Waals surface area contributed by atoms with Crippen LogP contribution in [0.25, 0.3) is 0 Å². The Labute approximate surface area is 175 Å². The van der Waals surface area contributed by atoms with Crippen molar-refractivity contribution in [3.63, 3.8) is 0 Å². The van der Waals surface area contributed by atoms with E-state index in [0.29, 0.717) is 18.9 Å². The Balaban J connectivity index is 0.000000230. The highest BCUT2D eigenvalue weighted by atomic mass is 16.6. The fraction of sp³-hybridized carbons (Fsp3) is 0.870. The highest BCUT2D eigenvalue weighted by Crippen LogP contribution is 2.36. The summed E-state index contributed by atoms with van der Waals surface area (Å²) in [7, 11) is 1.37. The predicted octanol–water partition coefficient (Wildman–Crippen LogP) is 4.44. The molecule has 3 fully saturated rings. The Kier molecular flexibility index (Phi) is 8.97. The summed E-state index contributed by atoms with van der Waals surface area (Å²) in [5.41, 5.74) is -0.507. The molecular weight excluding hydrogens is 372 g/mol. The van der Waals surface area contributed by atoms with Crippen LogP contribution in [-0.4, -0.2) is 37.2 Å². The third-order valence-electron chi connectivity index (χ3n) is 6.23. The lowest BCUT2D eigenvalue weighted by atomic mass is 9.88. The molecule has 0 amide bonds. The van der Waals surface area contributed by atoms with Gasteiger partial charge in [-0.1, -0.05) is 38.5 Å². The van der Waals surface area contributed by atoms with Crippen LogP contribution in [0.5, 0.6) is 0 Å². The maximum atomic E-state index is 11.8. The van der Waals surface area contributed by atoms with Crippen molar-refractivity contribution in [2.45, 2.75) is 90.6 Å². The van der Waals surface area contributed by atoms with E-state index in [2.05, 4.69) is 0 Å². The van der Waals surface area contributed by atoms with Crippen molar-refractivity contribution in [3.05, 3.63) is 0 Å². The average molecular weight is 411 g/mol. The van der Waals surface area contributed by atoms with E-state index in [1.165, 1.54) is 32.8 Å². The smallest absolute Gasteiger partial charge is 0.309 e. The second kappa shape index (κ2) is 11.0. The first-order valence-electron chi connectivity index (χ1n) is 11.1. The maximum Gasteiger partial charge on any atom is 0.309 e. The van der Waals surface area contributed by atoms with Crippen LogP contribution in [0.15, 0.2) is 0 Å². The molecule has 6 nitrogen and oxygen atoms in total. The lowest BCUT2D eigenvalue weighted by molar-refractivity contribution is -0.162. The van der Waals surface area contributed by atoms with Gasteiger partial charge in [0.05, 0.1) is 32.5 Å². The van der Waals surface area contributed by atoms with Crippen LogP contribution in [0, 0.1) is 23.7 Å². The zero-order valence-electron chi connectivity index (χ0n) is 18.5. The summed E-state index contributed by atoms with van der Waals surface area (Å²) in [4.78, 5) is 34.4. The SMILES string of the molecule is COC(=O)C(CC(=O)OC(C)(C)C)C1CCCC1.O=C1CC(C2CCCC2)CO1. The molecule has 3 aliphatic rings. The summed E-state index contributed by atoms with van der Waals surface area (Å²) in [5.74, 6) is 0.697. The molecule has 2 unspecified atom stereocenters. The van der Waals surface area contributed by atoms with Crippen LogP contribution >= 0.6 is 0 Å². The molecule has 6 heteroatoms. The van der Waals surface area contributed by atoms with Gasteiger partial charge in [0.1, 0.15) is 5.60 Å². The van der Waals surface area contributed by atoms with E-state index in [-0.39, 0.29) is 36.2 Å². The first-order chi connectivity index (χ1) is 13.7. The molecule has 2 atom stereocenters. The van der Waals surface area contributed by atoms with E-state index >= 15 is 0 Å². The topological polar surface area (TPSA) is 78.9 Å². The highest BCUT2D eigenvalue weighted by molar-refractivity contribution is 5.80. The summed E-state index contributed by atoms with van der Waals surface area (Å²) >= 11 is 0. The number of rotatable bonds is 5. The minimum Gasteiger partial charge on any atom is -0.469 e. The second-order valence-electron chi connectivity index (χ2n) is 9.66. The number of hydrogen-bond acceptors (Lipinski definition) is 6. The molecule has 0 aromatic carbocycles. The molecular formula is C23H38O6. The van der Waals surface area contributed by atoms with Gasteiger partial charge in [-0.15, -0.1) is 0 Å². The third kappa shape index (κ3) is 7.98. The number of esters is 3. The van der Waals surface area contributed by atoms with Crippen molar-refractivity contribution < 1.29 is 28.6 Å². The van der Waals surface area contributed by atoms with E-state index in [1.54, 1.807) is 0 Å². The second-order valence-corrected chi connectivity index (χ2v) is 9.66. The monoisotopic (exact) mass is 410 g/mol. The van der Waals surface area contributed by atoms with Gasteiger partial charge in [0.15, 0.2) is 0 Å². The molecule has 0 aromatic heterocycles. The van der Waals surface area contributed by atoms with Crippen molar-refractivity contribution in [2.75, 3.05) is 13.7 Å². The molecule has 29 heavy (non-hydrogen) atoms. The molecule has 3 rings (SSSR count). The quantitative estimate of drug-likeness (QED) is 0.492. The summed E-state index contributed by atoms with van der Waals surface area (Å²) in [6.07, 6.45) is 10.4. The lowest BCUT2D eigenvalue weighted by Crippen LogP contribution is -2.30. The van der Waals surface area contributed by atoms with Gasteiger partial charge >= 0.3 is 17.9 Å². The van der Waals surface area contributed by atoms with E-state index in [1.807, 2.05) is 20.8 Å². The molecule has 1 aliphatic heterocycles. The Hall–Kier alpha value is -1.59. The number of carbonyl (C=O) groups is 3. The summed E-state index contributed by atoms with van der Waals surface area (Å²) in [6.45, 7) is 6.18. The zero-order chi connectivity index (χ0) is 21.4. The van der Waals surface area contributed by atoms with Gasteiger partial charge in [-0.25, -0.2) is 0 Å². The number of hydrogen-bond donors (Lipinski definition) is 0. The largest absolute Gasteiger partial charge is 0.469 e. The van der Waals surface area contributed by atoms with Crippen molar-refractivity contribution in [1.82, 2.24) is 0 Å². The van der Waals surface area contributed by atoms with Crippen LogP contribution in [0.1, 0.15) is 85.0 Å². The van der Waals surface area contributed by atoms with Crippen LogP contribution in [0.3, 0.4) is 0 Å². The van der Waals surface area contributed by atoms with Crippen molar-refractivity contribution in [3.8, 4) is 0 Å². The van der Waals surface area contributed by atoms with E-state index in [9.17, 15) is 14.4 Å². The minimum absolute atomic E-state index is 0.0156. The molecule has 1 saturated heterocycles. The number of cyclic esters (lactones) is 1. The molecule has 2 aliphatic carbocycles. The lowest BCUT2D eigenvalue weighted by Gasteiger charge is -2.24. The fourth-order valence-corrected chi connectivity index (χ4v) is 4.78. The molecule has 1 heterocycles. The Bertz CT molecular complexity index is 552. The van der Waals surface area contributed by atoms with Crippen LogP contribution in [0.4, 0.5) is 0 Å². The molecule has 0 radical (unpaired) electrons. The zero-order valence-corrected chi connectivity index (χ0v) is 18.5. The Morgan fingerprint density at radius 3 is 2.10 bits per heavy atom. The average Bonchev–Trinajstić information content (AvgIpc) is 3.39. The predicted molar refractivity (Wildman–Crippen MR) is 109 cm³/mol. The van der Waals surface area contributed by atoms with Gasteiger partial charge < -0.3 is 14.2 Å². The van der Waals surface area contributed by atoms with Gasteiger partial charge in [0.2, 0.25) is 0 Å². The van der Waals surface area contributed by atoms with E-state index in [0.717, 1.165) is 31.6 Å². The summed E-state index contributed by atoms with van der Waals surface area (Å²) in [5, 5.41) is 0. The normalized spacial score (nSPS) is 23.9. The first-order valence-corrected chi connectivity index (χ1v) is 11.1. The number of methoxy groups -OCH3 is 1. The Morgan fingerprint density at radius 1 is 1.03 bits per heavy atom. The van der Waals surface area contributed by atoms with Gasteiger partial charge in [-0.2, -0.15) is 0 Å². The van der Waals surface area contributed by atoms with E-state index in [4.69, 9.17) is 14.2 Å². The number of ether oxygens (including phenoxy) is 3. The summed E-state index contributed by atoms with van der Waals surface area (Å²) < 4.78 is 15.0. The third-order valence-corrected chi connectivity index (χ3v) is 6.23. The van der Waals surface area contributed by atoms with Crippen LogP contribution in [0.2, 0.25) is 0 Å². The van der Waals surface area contributed by atoms with Gasteiger partial charge in [0.25, 0.3) is 0 Å². The molecule has 2 saturated carbocycles. The minimum atomic E-state index is -0.507. The van der Waals surface area contributed by atoms with Crippen molar-refractivity contribution >= 4 is 17.9 Å². The van der Waals surface area contributed by atoms with Crippen molar-refractivity contribution in [2.24, 2.45) is 23.7 Å². The molecule has 0 N–H and O–H groups in total. The van der Waals surface area contributed by atoms with Gasteiger partial charge in [0, 0.05) is 5.92 Å². The van der Waals surface area contributed by atoms with E-state index < -0.39 is 5.60 Å². The first kappa shape index (κ1) is 23.7. The van der Waals surface area contributed by atoms with Gasteiger partial charge in [-0.05, 0) is 45.4 Å². The molecule has 0 spiro atoms. The van der Waals surface area contributed by atoms with Crippen molar-refractivity contribution in [1.29, 1.82) is 0 Å². The molecule has 0 aromatic rings. The number of carbonyl (C=O) groups excluding carboxylic acids is 3. The van der Waals surface area contributed by atoms with Crippen LogP contribution in [-0.2, 0) is 28.6 Å². The van der Waals surface area contributed by atoms with Crippen LogP contribution < -0.4 is 0 Å². The highest BCUT2D eigenvalue weighted by Gasteiger charge is 2.34. The molecule has 166 valence electrons. The maximum absolute atomic E-state index is 11.8. The Morgan fingerprint density at radius 2 is 1.62 bits per heavy atom. The molecule has 0 bridgehead atoms. The summed E-state index contributed by atoms with van der Waals surface area (Å²) in [6, 6.07) is 0. The fourth-order valence-electron chi connectivity index (χ4n) is 4.78. The van der Waals surface area contributed by atoms with Gasteiger partial charge in [-0.3, -0.25) is 14.4 Å². The standard InChI is InChI=1S/C14H24O4.C9H14O2/c1-14(2,3)18-12(15)9-11(13(16)17-4)10-7-5-6-8-10;10-9-5-8(6-11-9)7-3-1-2-4-7/h10-11H,5-9H2,1-4H3;7-8H,1-6H2.